The fourth-order valence-corrected chi connectivity index (χ4v) is 2.89. The number of nitrogens with zero attached hydrogens (tertiary/aromatic N) is 1. The van der Waals surface area contributed by atoms with E-state index < -0.39 is 36.4 Å². The largest absolute Gasteiger partial charge is 0.481 e. The van der Waals surface area contributed by atoms with E-state index in [1.54, 1.807) is 18.2 Å². The topological polar surface area (TPSA) is 76.1 Å². The van der Waals surface area contributed by atoms with Crippen molar-refractivity contribution in [3.8, 4) is 11.5 Å². The molecule has 24 heavy (non-hydrogen) atoms. The molecule has 1 N–H and O–H groups in total. The molecule has 1 aromatic rings. The van der Waals surface area contributed by atoms with Crippen LogP contribution in [-0.2, 0) is 16.0 Å². The zero-order chi connectivity index (χ0) is 17.5. The quantitative estimate of drug-likeness (QED) is 0.904. The molecule has 2 aliphatic heterocycles. The van der Waals surface area contributed by atoms with E-state index in [0.29, 0.717) is 17.1 Å². The first kappa shape index (κ1) is 16.4. The van der Waals surface area contributed by atoms with Crippen LogP contribution in [0, 0.1) is 5.41 Å². The SMILES string of the molecule is O=C(Cc1ccc2c(c1)OCO2)N1CCC(C(=O)O)(C(F)(F)F)C1. The van der Waals surface area contributed by atoms with Crippen LogP contribution in [0.5, 0.6) is 11.5 Å². The monoisotopic (exact) mass is 345 g/mol. The first-order chi connectivity index (χ1) is 11.2. The van der Waals surface area contributed by atoms with Gasteiger partial charge in [-0.15, -0.1) is 0 Å². The molecule has 0 aliphatic carbocycles. The summed E-state index contributed by atoms with van der Waals surface area (Å²) < 4.78 is 49.7. The standard InChI is InChI=1S/C15H14F3NO5/c16-15(17,18)14(13(21)22)3-4-19(7-14)12(20)6-9-1-2-10-11(5-9)24-8-23-10/h1-2,5H,3-4,6-8H2,(H,21,22). The number of hydrogen-bond donors (Lipinski definition) is 1. The van der Waals surface area contributed by atoms with Crippen molar-refractivity contribution < 1.29 is 37.3 Å². The highest BCUT2D eigenvalue weighted by molar-refractivity contribution is 5.82. The van der Waals surface area contributed by atoms with E-state index in [-0.39, 0.29) is 19.8 Å². The minimum atomic E-state index is -4.91. The molecule has 1 fully saturated rings. The summed E-state index contributed by atoms with van der Waals surface area (Å²) in [6.07, 6.45) is -5.68. The maximum atomic E-state index is 13.1. The van der Waals surface area contributed by atoms with Crippen molar-refractivity contribution in [3.05, 3.63) is 23.8 Å². The number of aliphatic carboxylic acids is 1. The van der Waals surface area contributed by atoms with Gasteiger partial charge in [-0.1, -0.05) is 6.07 Å². The molecule has 6 nitrogen and oxygen atoms in total. The summed E-state index contributed by atoms with van der Waals surface area (Å²) in [6.45, 7) is -1.03. The van der Waals surface area contributed by atoms with Gasteiger partial charge in [0, 0.05) is 13.1 Å². The summed E-state index contributed by atoms with van der Waals surface area (Å²) in [4.78, 5) is 24.3. The number of carbonyl (C=O) groups is 2. The predicted molar refractivity (Wildman–Crippen MR) is 73.6 cm³/mol. The molecule has 130 valence electrons. The number of amides is 1. The zero-order valence-electron chi connectivity index (χ0n) is 12.4. The molecule has 3 rings (SSSR count). The van der Waals surface area contributed by atoms with Crippen molar-refractivity contribution in [3.63, 3.8) is 0 Å². The van der Waals surface area contributed by atoms with E-state index in [0.717, 1.165) is 4.90 Å². The van der Waals surface area contributed by atoms with E-state index in [1.165, 1.54) is 0 Å². The number of alkyl halides is 3. The summed E-state index contributed by atoms with van der Waals surface area (Å²) in [5.41, 5.74) is -2.33. The predicted octanol–water partition coefficient (Wildman–Crippen LogP) is 1.82. The van der Waals surface area contributed by atoms with Crippen LogP contribution in [0.15, 0.2) is 18.2 Å². The van der Waals surface area contributed by atoms with Crippen LogP contribution in [0.25, 0.3) is 0 Å². The van der Waals surface area contributed by atoms with E-state index in [9.17, 15) is 22.8 Å². The number of rotatable bonds is 3. The molecular weight excluding hydrogens is 331 g/mol. The Bertz CT molecular complexity index is 690. The second-order valence-electron chi connectivity index (χ2n) is 5.81. The highest BCUT2D eigenvalue weighted by atomic mass is 19.4. The minimum absolute atomic E-state index is 0.0750. The Kier molecular flexibility index (Phi) is 3.81. The molecule has 0 saturated carbocycles. The molecule has 1 saturated heterocycles. The normalized spacial score (nSPS) is 22.7. The maximum Gasteiger partial charge on any atom is 0.406 e. The summed E-state index contributed by atoms with van der Waals surface area (Å²) in [5.74, 6) is -1.50. The molecule has 2 aliphatic rings. The van der Waals surface area contributed by atoms with Gasteiger partial charge in [0.05, 0.1) is 6.42 Å². The third-order valence-electron chi connectivity index (χ3n) is 4.37. The highest BCUT2D eigenvalue weighted by Crippen LogP contribution is 2.45. The van der Waals surface area contributed by atoms with Crippen molar-refractivity contribution in [1.82, 2.24) is 4.90 Å². The van der Waals surface area contributed by atoms with E-state index >= 15 is 0 Å². The summed E-state index contributed by atoms with van der Waals surface area (Å²) >= 11 is 0. The second kappa shape index (κ2) is 5.57. The molecule has 1 amide bonds. The van der Waals surface area contributed by atoms with Gasteiger partial charge >= 0.3 is 12.1 Å². The van der Waals surface area contributed by atoms with Crippen LogP contribution in [0.1, 0.15) is 12.0 Å². The third kappa shape index (κ3) is 2.63. The molecule has 1 atom stereocenters. The van der Waals surface area contributed by atoms with Gasteiger partial charge in [-0.2, -0.15) is 13.2 Å². The number of benzene rings is 1. The van der Waals surface area contributed by atoms with E-state index in [4.69, 9.17) is 14.6 Å². The van der Waals surface area contributed by atoms with Crippen LogP contribution in [0.3, 0.4) is 0 Å². The Morgan fingerprint density at radius 3 is 2.58 bits per heavy atom. The molecule has 0 aromatic heterocycles. The van der Waals surface area contributed by atoms with Crippen LogP contribution in [0.2, 0.25) is 0 Å². The van der Waals surface area contributed by atoms with Crippen LogP contribution >= 0.6 is 0 Å². The van der Waals surface area contributed by atoms with Gasteiger partial charge in [-0.25, -0.2) is 0 Å². The van der Waals surface area contributed by atoms with Crippen LogP contribution in [-0.4, -0.2) is 47.9 Å². The van der Waals surface area contributed by atoms with Crippen LogP contribution in [0.4, 0.5) is 13.2 Å². The average Bonchev–Trinajstić information content (AvgIpc) is 3.13. The highest BCUT2D eigenvalue weighted by Gasteiger charge is 2.64. The number of likely N-dealkylation sites (tertiary alicyclic amines) is 1. The molecule has 0 spiro atoms. The zero-order valence-corrected chi connectivity index (χ0v) is 12.4. The Hall–Kier alpha value is -2.45. The Morgan fingerprint density at radius 2 is 1.96 bits per heavy atom. The van der Waals surface area contributed by atoms with Crippen molar-refractivity contribution in [2.24, 2.45) is 5.41 Å². The lowest BCUT2D eigenvalue weighted by Crippen LogP contribution is -2.47. The Morgan fingerprint density at radius 1 is 1.25 bits per heavy atom. The van der Waals surface area contributed by atoms with Gasteiger partial charge < -0.3 is 19.5 Å². The fourth-order valence-electron chi connectivity index (χ4n) is 2.89. The van der Waals surface area contributed by atoms with Crippen LogP contribution < -0.4 is 9.47 Å². The molecular formula is C15H14F3NO5. The van der Waals surface area contributed by atoms with E-state index in [2.05, 4.69) is 0 Å². The lowest BCUT2D eigenvalue weighted by Gasteiger charge is -2.27. The third-order valence-corrected chi connectivity index (χ3v) is 4.37. The van der Waals surface area contributed by atoms with Crippen molar-refractivity contribution in [1.29, 1.82) is 0 Å². The molecule has 9 heteroatoms. The number of hydrogen-bond acceptors (Lipinski definition) is 4. The summed E-state index contributed by atoms with van der Waals surface area (Å²) in [7, 11) is 0. The Balaban J connectivity index is 1.72. The van der Waals surface area contributed by atoms with Gasteiger partial charge in [-0.3, -0.25) is 9.59 Å². The Labute approximate surface area is 134 Å². The van der Waals surface area contributed by atoms with Gasteiger partial charge in [0.1, 0.15) is 0 Å². The second-order valence-corrected chi connectivity index (χ2v) is 5.81. The van der Waals surface area contributed by atoms with Crippen molar-refractivity contribution in [2.75, 3.05) is 19.9 Å². The number of carboxylic acid groups (broad SMARTS) is 1. The molecule has 0 radical (unpaired) electrons. The van der Waals surface area contributed by atoms with Gasteiger partial charge in [0.2, 0.25) is 12.7 Å². The number of carboxylic acids is 1. The molecule has 1 unspecified atom stereocenters. The van der Waals surface area contributed by atoms with E-state index in [1.807, 2.05) is 0 Å². The smallest absolute Gasteiger partial charge is 0.406 e. The molecule has 0 bridgehead atoms. The molecule has 2 heterocycles. The summed E-state index contributed by atoms with van der Waals surface area (Å²) in [6, 6.07) is 4.83. The van der Waals surface area contributed by atoms with Gasteiger partial charge in [0.25, 0.3) is 0 Å². The number of fused-ring (bicyclic) bond motifs is 1. The fraction of sp³-hybridized carbons (Fsp3) is 0.467. The first-order valence-electron chi connectivity index (χ1n) is 7.19. The van der Waals surface area contributed by atoms with Crippen molar-refractivity contribution >= 4 is 11.9 Å². The number of halogens is 3. The lowest BCUT2D eigenvalue weighted by atomic mass is 9.86. The lowest BCUT2D eigenvalue weighted by molar-refractivity contribution is -0.227. The minimum Gasteiger partial charge on any atom is -0.481 e. The van der Waals surface area contributed by atoms with Gasteiger partial charge in [-0.05, 0) is 24.1 Å². The van der Waals surface area contributed by atoms with Gasteiger partial charge in [0.15, 0.2) is 16.9 Å². The maximum absolute atomic E-state index is 13.1. The average molecular weight is 345 g/mol. The number of ether oxygens (including phenoxy) is 2. The molecule has 1 aromatic carbocycles. The van der Waals surface area contributed by atoms with Crippen molar-refractivity contribution in [2.45, 2.75) is 19.0 Å². The summed E-state index contributed by atoms with van der Waals surface area (Å²) in [5, 5.41) is 9.01. The first-order valence-corrected chi connectivity index (χ1v) is 7.19. The number of carbonyl (C=O) groups excluding carboxylic acids is 1.